The number of nitrogens with one attached hydrogen (secondary N) is 2. The fraction of sp³-hybridized carbons (Fsp3) is 0.147. The van der Waals surface area contributed by atoms with Crippen molar-refractivity contribution < 1.29 is 23.9 Å². The van der Waals surface area contributed by atoms with Gasteiger partial charge in [0.2, 0.25) is 5.91 Å². The number of rotatable bonds is 11. The summed E-state index contributed by atoms with van der Waals surface area (Å²) in [5, 5.41) is 5.62. The molecule has 1 unspecified atom stereocenters. The second kappa shape index (κ2) is 13.9. The molecular weight excluding hydrogens is 558 g/mol. The number of hydrogen-bond donors (Lipinski definition) is 3. The molecule has 4 aromatic rings. The van der Waals surface area contributed by atoms with Crippen molar-refractivity contribution in [3.05, 3.63) is 131 Å². The van der Waals surface area contributed by atoms with Crippen LogP contribution in [0.4, 0.5) is 0 Å². The SMILES string of the molecule is NC(=NC(=O)Cc1cccc(Oc2ccccc2)c1)NC(Cc1ccccc1)C(=O)NCCN1C(=O)c2ccccc2C1=O. The molecule has 10 nitrogen and oxygen atoms in total. The molecule has 10 heteroatoms. The van der Waals surface area contributed by atoms with Crippen LogP contribution in [-0.2, 0) is 22.4 Å². The number of amides is 4. The molecule has 1 atom stereocenters. The molecule has 44 heavy (non-hydrogen) atoms. The maximum absolute atomic E-state index is 13.2. The molecule has 0 aromatic heterocycles. The van der Waals surface area contributed by atoms with Gasteiger partial charge in [-0.2, -0.15) is 4.99 Å². The minimum Gasteiger partial charge on any atom is -0.457 e. The number of nitrogens with two attached hydrogens (primary N) is 1. The smallest absolute Gasteiger partial charge is 0.261 e. The van der Waals surface area contributed by atoms with Crippen LogP contribution in [0.15, 0.2) is 114 Å². The van der Waals surface area contributed by atoms with Crippen LogP contribution in [0.3, 0.4) is 0 Å². The van der Waals surface area contributed by atoms with E-state index in [0.717, 1.165) is 10.5 Å². The Balaban J connectivity index is 1.20. The molecule has 0 radical (unpaired) electrons. The fourth-order valence-corrected chi connectivity index (χ4v) is 4.82. The summed E-state index contributed by atoms with van der Waals surface area (Å²) in [6.07, 6.45) is 0.229. The highest BCUT2D eigenvalue weighted by Crippen LogP contribution is 2.23. The first kappa shape index (κ1) is 29.7. The quantitative estimate of drug-likeness (QED) is 0.138. The molecule has 5 rings (SSSR count). The van der Waals surface area contributed by atoms with Gasteiger partial charge in [0.15, 0.2) is 5.96 Å². The Hall–Kier alpha value is -5.77. The van der Waals surface area contributed by atoms with Crippen LogP contribution in [0.1, 0.15) is 31.8 Å². The van der Waals surface area contributed by atoms with Gasteiger partial charge in [-0.05, 0) is 47.5 Å². The topological polar surface area (TPSA) is 143 Å². The minimum absolute atomic E-state index is 0.00521. The summed E-state index contributed by atoms with van der Waals surface area (Å²) >= 11 is 0. The van der Waals surface area contributed by atoms with Crippen molar-refractivity contribution in [1.29, 1.82) is 0 Å². The number of benzene rings is 4. The molecule has 0 aliphatic carbocycles. The second-order valence-electron chi connectivity index (χ2n) is 10.1. The summed E-state index contributed by atoms with van der Waals surface area (Å²) < 4.78 is 5.84. The lowest BCUT2D eigenvalue weighted by molar-refractivity contribution is -0.123. The van der Waals surface area contributed by atoms with E-state index in [1.54, 1.807) is 48.5 Å². The predicted octanol–water partition coefficient (Wildman–Crippen LogP) is 3.48. The van der Waals surface area contributed by atoms with Crippen molar-refractivity contribution in [1.82, 2.24) is 15.5 Å². The maximum Gasteiger partial charge on any atom is 0.261 e. The van der Waals surface area contributed by atoms with E-state index in [1.165, 1.54) is 0 Å². The largest absolute Gasteiger partial charge is 0.457 e. The van der Waals surface area contributed by atoms with Gasteiger partial charge in [0.25, 0.3) is 17.7 Å². The molecule has 4 N–H and O–H groups in total. The monoisotopic (exact) mass is 589 g/mol. The summed E-state index contributed by atoms with van der Waals surface area (Å²) in [6, 6.07) is 31.4. The molecular formula is C34H31N5O5. The maximum atomic E-state index is 13.2. The Kier molecular flexibility index (Phi) is 9.41. The van der Waals surface area contributed by atoms with E-state index < -0.39 is 29.7 Å². The molecule has 0 saturated carbocycles. The standard InChI is InChI=1S/C34H31N5O5/c35-34(38-30(40)22-24-12-9-15-26(20-24)44-25-13-5-2-6-14-25)37-29(21-23-10-3-1-4-11-23)31(41)36-18-19-39-32(42)27-16-7-8-17-28(27)33(39)43/h1-17,20,29H,18-19,21-22H2,(H,36,41)(H3,35,37,38,40). The molecule has 1 heterocycles. The van der Waals surface area contributed by atoms with Crippen LogP contribution in [0.2, 0.25) is 0 Å². The van der Waals surface area contributed by atoms with Crippen LogP contribution in [-0.4, -0.2) is 53.6 Å². The third-order valence-corrected chi connectivity index (χ3v) is 6.91. The van der Waals surface area contributed by atoms with Gasteiger partial charge < -0.3 is 21.1 Å². The number of nitrogens with zero attached hydrogens (tertiary/aromatic N) is 2. The number of carbonyl (C=O) groups is 4. The summed E-state index contributed by atoms with van der Waals surface area (Å²) in [7, 11) is 0. The Labute approximate surface area is 254 Å². The molecule has 0 spiro atoms. The molecule has 0 bridgehead atoms. The first-order valence-electron chi connectivity index (χ1n) is 14.1. The Morgan fingerprint density at radius 2 is 1.36 bits per heavy atom. The zero-order chi connectivity index (χ0) is 30.9. The number of para-hydroxylation sites is 1. The van der Waals surface area contributed by atoms with Crippen molar-refractivity contribution in [2.24, 2.45) is 10.7 Å². The highest BCUT2D eigenvalue weighted by molar-refractivity contribution is 6.21. The average Bonchev–Trinajstić information content (AvgIpc) is 3.26. The molecule has 1 aliphatic rings. The van der Waals surface area contributed by atoms with Crippen LogP contribution >= 0.6 is 0 Å². The minimum atomic E-state index is -0.876. The van der Waals surface area contributed by atoms with E-state index in [1.807, 2.05) is 60.7 Å². The second-order valence-corrected chi connectivity index (χ2v) is 10.1. The van der Waals surface area contributed by atoms with Gasteiger partial charge in [-0.25, -0.2) is 0 Å². The van der Waals surface area contributed by atoms with Crippen molar-refractivity contribution in [2.75, 3.05) is 13.1 Å². The van der Waals surface area contributed by atoms with E-state index in [9.17, 15) is 19.2 Å². The third kappa shape index (κ3) is 7.54. The summed E-state index contributed by atoms with van der Waals surface area (Å²) in [5.41, 5.74) is 8.31. The lowest BCUT2D eigenvalue weighted by Gasteiger charge is -2.20. The molecule has 222 valence electrons. The molecule has 4 aromatic carbocycles. The van der Waals surface area contributed by atoms with E-state index in [2.05, 4.69) is 15.6 Å². The van der Waals surface area contributed by atoms with Gasteiger partial charge in [0.05, 0.1) is 17.5 Å². The van der Waals surface area contributed by atoms with Gasteiger partial charge >= 0.3 is 0 Å². The fourth-order valence-electron chi connectivity index (χ4n) is 4.82. The zero-order valence-electron chi connectivity index (χ0n) is 23.8. The van der Waals surface area contributed by atoms with Gasteiger partial charge in [0.1, 0.15) is 17.5 Å². The van der Waals surface area contributed by atoms with Gasteiger partial charge in [0, 0.05) is 19.5 Å². The van der Waals surface area contributed by atoms with E-state index in [4.69, 9.17) is 10.5 Å². The molecule has 0 fully saturated rings. The first-order chi connectivity index (χ1) is 21.4. The van der Waals surface area contributed by atoms with E-state index in [0.29, 0.717) is 28.2 Å². The molecule has 0 saturated heterocycles. The number of imide groups is 1. The van der Waals surface area contributed by atoms with Crippen molar-refractivity contribution in [2.45, 2.75) is 18.9 Å². The number of ether oxygens (including phenoxy) is 1. The lowest BCUT2D eigenvalue weighted by Crippen LogP contribution is -2.51. The average molecular weight is 590 g/mol. The lowest BCUT2D eigenvalue weighted by atomic mass is 10.1. The van der Waals surface area contributed by atoms with Crippen molar-refractivity contribution in [3.8, 4) is 11.5 Å². The number of hydrogen-bond acceptors (Lipinski definition) is 5. The highest BCUT2D eigenvalue weighted by atomic mass is 16.5. The van der Waals surface area contributed by atoms with Gasteiger partial charge in [-0.3, -0.25) is 24.1 Å². The summed E-state index contributed by atoms with van der Waals surface area (Å²) in [5.74, 6) is -0.677. The normalized spacial score (nSPS) is 13.3. The molecule has 1 aliphatic heterocycles. The summed E-state index contributed by atoms with van der Waals surface area (Å²) in [4.78, 5) is 56.4. The predicted molar refractivity (Wildman–Crippen MR) is 165 cm³/mol. The number of guanidine groups is 1. The van der Waals surface area contributed by atoms with Crippen LogP contribution in [0, 0.1) is 0 Å². The summed E-state index contributed by atoms with van der Waals surface area (Å²) in [6.45, 7) is 0.0416. The highest BCUT2D eigenvalue weighted by Gasteiger charge is 2.34. The van der Waals surface area contributed by atoms with E-state index >= 15 is 0 Å². The third-order valence-electron chi connectivity index (χ3n) is 6.91. The number of aliphatic imine (C=N–C) groups is 1. The zero-order valence-corrected chi connectivity index (χ0v) is 23.8. The van der Waals surface area contributed by atoms with Crippen LogP contribution in [0.25, 0.3) is 0 Å². The Morgan fingerprint density at radius 3 is 2.05 bits per heavy atom. The van der Waals surface area contributed by atoms with Crippen molar-refractivity contribution >= 4 is 29.6 Å². The number of fused-ring (bicyclic) bond motifs is 1. The Morgan fingerprint density at radius 1 is 0.773 bits per heavy atom. The van der Waals surface area contributed by atoms with E-state index in [-0.39, 0.29) is 31.9 Å². The van der Waals surface area contributed by atoms with Crippen LogP contribution in [0.5, 0.6) is 11.5 Å². The van der Waals surface area contributed by atoms with Crippen molar-refractivity contribution in [3.63, 3.8) is 0 Å². The molecule has 4 amide bonds. The first-order valence-corrected chi connectivity index (χ1v) is 14.1. The van der Waals surface area contributed by atoms with Crippen LogP contribution < -0.4 is 21.1 Å². The van der Waals surface area contributed by atoms with Gasteiger partial charge in [-0.1, -0.05) is 72.8 Å². The Bertz CT molecular complexity index is 1660. The number of carbonyl (C=O) groups excluding carboxylic acids is 4. The van der Waals surface area contributed by atoms with Gasteiger partial charge in [-0.15, -0.1) is 0 Å².